The first-order valence-corrected chi connectivity index (χ1v) is 8.30. The second-order valence-corrected chi connectivity index (χ2v) is 5.75. The molecule has 1 aromatic heterocycles. The lowest BCUT2D eigenvalue weighted by atomic mass is 10.1. The van der Waals surface area contributed by atoms with Gasteiger partial charge in [-0.3, -0.25) is 9.69 Å². The molecule has 0 amide bonds. The van der Waals surface area contributed by atoms with E-state index < -0.39 is 0 Å². The average Bonchev–Trinajstić information content (AvgIpc) is 3.09. The number of carbonyl (C=O) groups is 1. The molecule has 0 aliphatic rings. The third kappa shape index (κ3) is 4.93. The van der Waals surface area contributed by atoms with E-state index in [1.165, 1.54) is 0 Å². The van der Waals surface area contributed by atoms with Crippen molar-refractivity contribution in [3.8, 4) is 0 Å². The molecule has 1 heterocycles. The van der Waals surface area contributed by atoms with Gasteiger partial charge in [0.15, 0.2) is 5.78 Å². The molecule has 1 aromatic carbocycles. The van der Waals surface area contributed by atoms with Crippen LogP contribution in [0.5, 0.6) is 0 Å². The molecule has 1 unspecified atom stereocenters. The quantitative estimate of drug-likeness (QED) is 0.709. The standard InChI is InChI=1S/C18H23ClN2O2/c1-3-21(4-2)16(18-6-5-11-23-18)12-20-13-17(22)14-7-9-15(19)10-8-14/h5-11,16,20H,3-4,12-13H2,1-2H3. The predicted octanol–water partition coefficient (Wildman–Crippen LogP) is 3.79. The minimum Gasteiger partial charge on any atom is -0.468 e. The summed E-state index contributed by atoms with van der Waals surface area (Å²) in [6.45, 7) is 7.05. The molecule has 0 aliphatic carbocycles. The van der Waals surface area contributed by atoms with Gasteiger partial charge in [0.05, 0.1) is 18.8 Å². The van der Waals surface area contributed by atoms with E-state index in [4.69, 9.17) is 16.0 Å². The minimum atomic E-state index is 0.0550. The Labute approximate surface area is 142 Å². The molecular weight excluding hydrogens is 312 g/mol. The van der Waals surface area contributed by atoms with Crippen LogP contribution in [-0.4, -0.2) is 36.9 Å². The van der Waals surface area contributed by atoms with Crippen LogP contribution in [0.25, 0.3) is 0 Å². The highest BCUT2D eigenvalue weighted by atomic mass is 35.5. The van der Waals surface area contributed by atoms with Crippen LogP contribution < -0.4 is 5.32 Å². The molecule has 23 heavy (non-hydrogen) atoms. The second kappa shape index (κ2) is 8.87. The van der Waals surface area contributed by atoms with Crippen LogP contribution in [0.4, 0.5) is 0 Å². The molecule has 0 radical (unpaired) electrons. The van der Waals surface area contributed by atoms with Gasteiger partial charge in [-0.15, -0.1) is 0 Å². The molecule has 0 bridgehead atoms. The second-order valence-electron chi connectivity index (χ2n) is 5.31. The van der Waals surface area contributed by atoms with Crippen LogP contribution in [0, 0.1) is 0 Å². The van der Waals surface area contributed by atoms with E-state index in [9.17, 15) is 4.79 Å². The Morgan fingerprint density at radius 3 is 2.48 bits per heavy atom. The summed E-state index contributed by atoms with van der Waals surface area (Å²) in [5.74, 6) is 0.972. The molecule has 0 aliphatic heterocycles. The summed E-state index contributed by atoms with van der Waals surface area (Å²) in [5.41, 5.74) is 0.666. The number of rotatable bonds is 9. The van der Waals surface area contributed by atoms with Crippen LogP contribution in [0.1, 0.15) is 36.0 Å². The Morgan fingerprint density at radius 2 is 1.91 bits per heavy atom. The number of benzene rings is 1. The highest BCUT2D eigenvalue weighted by Crippen LogP contribution is 2.20. The first-order chi connectivity index (χ1) is 11.2. The van der Waals surface area contributed by atoms with E-state index >= 15 is 0 Å². The number of halogens is 1. The van der Waals surface area contributed by atoms with Crippen molar-refractivity contribution in [3.05, 3.63) is 59.0 Å². The molecule has 0 fully saturated rings. The summed E-state index contributed by atoms with van der Waals surface area (Å²) in [7, 11) is 0. The molecule has 124 valence electrons. The zero-order valence-corrected chi connectivity index (χ0v) is 14.3. The predicted molar refractivity (Wildman–Crippen MR) is 93.0 cm³/mol. The first-order valence-electron chi connectivity index (χ1n) is 7.92. The van der Waals surface area contributed by atoms with Crippen LogP contribution >= 0.6 is 11.6 Å². The van der Waals surface area contributed by atoms with Crippen molar-refractivity contribution in [2.45, 2.75) is 19.9 Å². The Kier molecular flexibility index (Phi) is 6.84. The number of hydrogen-bond donors (Lipinski definition) is 1. The maximum absolute atomic E-state index is 12.2. The van der Waals surface area contributed by atoms with Gasteiger partial charge in [-0.25, -0.2) is 0 Å². The molecule has 4 nitrogen and oxygen atoms in total. The number of likely N-dealkylation sites (N-methyl/N-ethyl adjacent to an activating group) is 1. The monoisotopic (exact) mass is 334 g/mol. The first kappa shape index (κ1) is 17.7. The number of nitrogens with one attached hydrogen (secondary N) is 1. The number of Topliss-reactive ketones (excluding diaryl/α,β-unsaturated/α-hetero) is 1. The summed E-state index contributed by atoms with van der Waals surface area (Å²) in [6, 6.07) is 11.0. The van der Waals surface area contributed by atoms with E-state index in [2.05, 4.69) is 24.1 Å². The van der Waals surface area contributed by atoms with Crippen molar-refractivity contribution >= 4 is 17.4 Å². The zero-order valence-electron chi connectivity index (χ0n) is 13.6. The molecule has 5 heteroatoms. The number of carbonyl (C=O) groups excluding carboxylic acids is 1. The Hall–Kier alpha value is -1.62. The smallest absolute Gasteiger partial charge is 0.176 e. The molecule has 1 atom stereocenters. The fourth-order valence-electron chi connectivity index (χ4n) is 2.62. The van der Waals surface area contributed by atoms with Crippen molar-refractivity contribution in [2.24, 2.45) is 0 Å². The summed E-state index contributed by atoms with van der Waals surface area (Å²) in [5, 5.41) is 3.88. The van der Waals surface area contributed by atoms with Gasteiger partial charge in [0.1, 0.15) is 5.76 Å². The zero-order chi connectivity index (χ0) is 16.7. The lowest BCUT2D eigenvalue weighted by molar-refractivity contribution is 0.0985. The van der Waals surface area contributed by atoms with Crippen LogP contribution in [0.15, 0.2) is 47.1 Å². The van der Waals surface area contributed by atoms with E-state index in [0.29, 0.717) is 23.7 Å². The van der Waals surface area contributed by atoms with Gasteiger partial charge in [0.25, 0.3) is 0 Å². The van der Waals surface area contributed by atoms with E-state index in [1.807, 2.05) is 12.1 Å². The maximum Gasteiger partial charge on any atom is 0.176 e. The fourth-order valence-corrected chi connectivity index (χ4v) is 2.74. The largest absolute Gasteiger partial charge is 0.468 e. The summed E-state index contributed by atoms with van der Waals surface area (Å²) in [4.78, 5) is 14.5. The molecule has 0 saturated carbocycles. The topological polar surface area (TPSA) is 45.5 Å². The minimum absolute atomic E-state index is 0.0550. The summed E-state index contributed by atoms with van der Waals surface area (Å²) in [6.07, 6.45) is 1.69. The Bertz CT molecular complexity index is 592. The molecule has 2 aromatic rings. The number of furan rings is 1. The number of ketones is 1. The average molecular weight is 335 g/mol. The highest BCUT2D eigenvalue weighted by Gasteiger charge is 2.20. The number of nitrogens with zero attached hydrogens (tertiary/aromatic N) is 1. The molecule has 0 spiro atoms. The van der Waals surface area contributed by atoms with Gasteiger partial charge in [0, 0.05) is 17.1 Å². The number of hydrogen-bond acceptors (Lipinski definition) is 4. The van der Waals surface area contributed by atoms with Crippen molar-refractivity contribution in [3.63, 3.8) is 0 Å². The van der Waals surface area contributed by atoms with Crippen LogP contribution in [-0.2, 0) is 0 Å². The molecule has 1 N–H and O–H groups in total. The van der Waals surface area contributed by atoms with Crippen LogP contribution in [0.3, 0.4) is 0 Å². The van der Waals surface area contributed by atoms with Crippen molar-refractivity contribution < 1.29 is 9.21 Å². The Balaban J connectivity index is 1.93. The fraction of sp³-hybridized carbons (Fsp3) is 0.389. The molecule has 2 rings (SSSR count). The normalized spacial score (nSPS) is 12.5. The highest BCUT2D eigenvalue weighted by molar-refractivity contribution is 6.30. The maximum atomic E-state index is 12.2. The van der Waals surface area contributed by atoms with E-state index in [0.717, 1.165) is 18.8 Å². The summed E-state index contributed by atoms with van der Waals surface area (Å²) >= 11 is 5.84. The lowest BCUT2D eigenvalue weighted by Crippen LogP contribution is -2.37. The SMILES string of the molecule is CCN(CC)C(CNCC(=O)c1ccc(Cl)cc1)c1ccco1. The van der Waals surface area contributed by atoms with Gasteiger partial charge in [-0.1, -0.05) is 25.4 Å². The van der Waals surface area contributed by atoms with Crippen LogP contribution in [0.2, 0.25) is 5.02 Å². The van der Waals surface area contributed by atoms with E-state index in [-0.39, 0.29) is 11.8 Å². The summed E-state index contributed by atoms with van der Waals surface area (Å²) < 4.78 is 5.55. The van der Waals surface area contributed by atoms with Gasteiger partial charge in [-0.2, -0.15) is 0 Å². The van der Waals surface area contributed by atoms with Gasteiger partial charge in [0.2, 0.25) is 0 Å². The van der Waals surface area contributed by atoms with Crippen molar-refractivity contribution in [1.82, 2.24) is 10.2 Å². The third-order valence-electron chi connectivity index (χ3n) is 3.91. The van der Waals surface area contributed by atoms with Gasteiger partial charge < -0.3 is 9.73 Å². The van der Waals surface area contributed by atoms with Crippen molar-refractivity contribution in [1.29, 1.82) is 0 Å². The Morgan fingerprint density at radius 1 is 1.22 bits per heavy atom. The van der Waals surface area contributed by atoms with Gasteiger partial charge in [-0.05, 0) is 49.5 Å². The van der Waals surface area contributed by atoms with Gasteiger partial charge >= 0.3 is 0 Å². The van der Waals surface area contributed by atoms with E-state index in [1.54, 1.807) is 30.5 Å². The van der Waals surface area contributed by atoms with Crippen molar-refractivity contribution in [2.75, 3.05) is 26.2 Å². The molecule has 0 saturated heterocycles. The lowest BCUT2D eigenvalue weighted by Gasteiger charge is -2.28. The third-order valence-corrected chi connectivity index (χ3v) is 4.17. The molecular formula is C18H23ClN2O2.